The van der Waals surface area contributed by atoms with Crippen LogP contribution in [-0.2, 0) is 6.54 Å². The van der Waals surface area contributed by atoms with E-state index in [1.807, 2.05) is 19.1 Å². The Morgan fingerprint density at radius 3 is 2.59 bits per heavy atom. The molecule has 1 saturated heterocycles. The number of nitrogens with zero attached hydrogens (tertiary/aromatic N) is 2. The molecule has 2 unspecified atom stereocenters. The smallest absolute Gasteiger partial charge is 0.255 e. The molecule has 0 aromatic heterocycles. The highest BCUT2D eigenvalue weighted by molar-refractivity contribution is 6.04. The van der Waals surface area contributed by atoms with E-state index < -0.39 is 0 Å². The zero-order chi connectivity index (χ0) is 23.9. The van der Waals surface area contributed by atoms with Gasteiger partial charge in [-0.25, -0.2) is 0 Å². The van der Waals surface area contributed by atoms with Crippen LogP contribution in [0.3, 0.4) is 0 Å². The zero-order valence-electron chi connectivity index (χ0n) is 20.8. The van der Waals surface area contributed by atoms with Gasteiger partial charge in [0.2, 0.25) is 0 Å². The van der Waals surface area contributed by atoms with Crippen molar-refractivity contribution in [1.82, 2.24) is 10.2 Å². The van der Waals surface area contributed by atoms with E-state index in [9.17, 15) is 4.79 Å². The van der Waals surface area contributed by atoms with Crippen molar-refractivity contribution in [3.63, 3.8) is 0 Å². The highest BCUT2D eigenvalue weighted by Crippen LogP contribution is 2.29. The van der Waals surface area contributed by atoms with E-state index in [0.29, 0.717) is 11.6 Å². The maximum atomic E-state index is 13.0. The molecule has 4 rings (SSSR count). The predicted molar refractivity (Wildman–Crippen MR) is 142 cm³/mol. The molecule has 180 valence electrons. The minimum absolute atomic E-state index is 0.0748. The van der Waals surface area contributed by atoms with Gasteiger partial charge in [-0.15, -0.1) is 0 Å². The fraction of sp³-hybridized carbons (Fsp3) is 0.414. The first kappa shape index (κ1) is 24.2. The Labute approximate surface area is 204 Å². The normalized spacial score (nSPS) is 20.1. The number of carbonyl (C=O) groups excluding carboxylic acids is 1. The predicted octanol–water partition coefficient (Wildman–Crippen LogP) is 5.49. The van der Waals surface area contributed by atoms with E-state index >= 15 is 0 Å². The lowest BCUT2D eigenvalue weighted by Gasteiger charge is -2.38. The molecular formula is C29H38N4O. The molecular weight excluding hydrogens is 420 g/mol. The van der Waals surface area contributed by atoms with Crippen molar-refractivity contribution >= 4 is 17.3 Å². The molecule has 1 amide bonds. The Hall–Kier alpha value is -2.89. The highest BCUT2D eigenvalue weighted by atomic mass is 16.1. The highest BCUT2D eigenvalue weighted by Gasteiger charge is 2.27. The molecule has 2 N–H and O–H groups in total. The van der Waals surface area contributed by atoms with E-state index in [-0.39, 0.29) is 11.9 Å². The van der Waals surface area contributed by atoms with Crippen molar-refractivity contribution < 1.29 is 4.79 Å². The Morgan fingerprint density at radius 2 is 1.88 bits per heavy atom. The van der Waals surface area contributed by atoms with E-state index in [1.165, 1.54) is 24.8 Å². The number of piperidine rings is 1. The quantitative estimate of drug-likeness (QED) is 0.549. The molecule has 5 nitrogen and oxygen atoms in total. The van der Waals surface area contributed by atoms with Gasteiger partial charge in [0.25, 0.3) is 5.91 Å². The number of hydrogen-bond acceptors (Lipinski definition) is 4. The first-order chi connectivity index (χ1) is 16.6. The maximum Gasteiger partial charge on any atom is 0.255 e. The summed E-state index contributed by atoms with van der Waals surface area (Å²) in [4.78, 5) is 17.7. The number of allylic oxidation sites excluding steroid dienone is 2. The summed E-state index contributed by atoms with van der Waals surface area (Å²) in [6, 6.07) is 15.0. The molecule has 2 heterocycles. The molecule has 2 aromatic rings. The second-order valence-corrected chi connectivity index (χ2v) is 9.29. The lowest BCUT2D eigenvalue weighted by Crippen LogP contribution is -2.50. The third-order valence-electron chi connectivity index (χ3n) is 7.03. The Bertz CT molecular complexity index is 1020. The minimum Gasteiger partial charge on any atom is -0.339 e. The summed E-state index contributed by atoms with van der Waals surface area (Å²) in [5.74, 6) is -0.0748. The van der Waals surface area contributed by atoms with Crippen molar-refractivity contribution in [2.24, 2.45) is 0 Å². The fourth-order valence-corrected chi connectivity index (χ4v) is 4.84. The van der Waals surface area contributed by atoms with E-state index in [1.54, 1.807) is 0 Å². The molecule has 0 bridgehead atoms. The molecule has 5 heteroatoms. The van der Waals surface area contributed by atoms with Crippen molar-refractivity contribution in [3.8, 4) is 0 Å². The van der Waals surface area contributed by atoms with Crippen LogP contribution >= 0.6 is 0 Å². The number of rotatable bonds is 8. The lowest BCUT2D eigenvalue weighted by molar-refractivity contribution is 0.102. The van der Waals surface area contributed by atoms with E-state index in [0.717, 1.165) is 43.1 Å². The minimum atomic E-state index is -0.0748. The Kier molecular flexibility index (Phi) is 8.20. The number of aryl methyl sites for hydroxylation is 1. The van der Waals surface area contributed by atoms with Crippen LogP contribution in [0.25, 0.3) is 0 Å². The average Bonchev–Trinajstić information content (AvgIpc) is 2.89. The second kappa shape index (κ2) is 11.5. The van der Waals surface area contributed by atoms with Crippen LogP contribution in [0.2, 0.25) is 0 Å². The summed E-state index contributed by atoms with van der Waals surface area (Å²) in [5.41, 5.74) is 4.91. The maximum absolute atomic E-state index is 13.0. The standard InChI is InChI=1S/C29H38N4O/c1-4-32(5-2)21-23-13-15-24(16-14-23)29(34)31-27-20-25(17-12-22(27)3)33-19-9-7-11-28(33)26-10-6-8-18-30-26/h7,9,11-17,19-20,26,28,30H,4-6,8,10,18,21H2,1-3H3,(H,31,34). The van der Waals surface area contributed by atoms with Gasteiger partial charge < -0.3 is 15.5 Å². The van der Waals surface area contributed by atoms with Crippen molar-refractivity contribution in [3.05, 3.63) is 83.6 Å². The largest absolute Gasteiger partial charge is 0.339 e. The Morgan fingerprint density at radius 1 is 1.09 bits per heavy atom. The third kappa shape index (κ3) is 5.78. The number of nitrogens with one attached hydrogen (secondary N) is 2. The number of amides is 1. The van der Waals surface area contributed by atoms with Gasteiger partial charge in [0.05, 0.1) is 6.04 Å². The van der Waals surface area contributed by atoms with Crippen LogP contribution in [0.1, 0.15) is 54.6 Å². The lowest BCUT2D eigenvalue weighted by atomic mass is 9.95. The average molecular weight is 459 g/mol. The second-order valence-electron chi connectivity index (χ2n) is 9.29. The molecule has 0 aliphatic carbocycles. The van der Waals surface area contributed by atoms with Crippen LogP contribution < -0.4 is 15.5 Å². The van der Waals surface area contributed by atoms with Gasteiger partial charge in [-0.05, 0) is 80.9 Å². The summed E-state index contributed by atoms with van der Waals surface area (Å²) >= 11 is 0. The first-order valence-electron chi connectivity index (χ1n) is 12.7. The number of anilines is 2. The van der Waals surface area contributed by atoms with Crippen molar-refractivity contribution in [1.29, 1.82) is 0 Å². The molecule has 2 aliphatic rings. The van der Waals surface area contributed by atoms with Crippen LogP contribution in [0, 0.1) is 6.92 Å². The molecule has 34 heavy (non-hydrogen) atoms. The van der Waals surface area contributed by atoms with Gasteiger partial charge >= 0.3 is 0 Å². The zero-order valence-corrected chi connectivity index (χ0v) is 20.8. The molecule has 2 aliphatic heterocycles. The topological polar surface area (TPSA) is 47.6 Å². The van der Waals surface area contributed by atoms with Crippen LogP contribution in [0.4, 0.5) is 11.4 Å². The molecule has 0 spiro atoms. The third-order valence-corrected chi connectivity index (χ3v) is 7.03. The molecule has 2 aromatic carbocycles. The number of benzene rings is 2. The monoisotopic (exact) mass is 458 g/mol. The van der Waals surface area contributed by atoms with Crippen molar-refractivity contribution in [2.45, 2.75) is 58.7 Å². The van der Waals surface area contributed by atoms with Gasteiger partial charge in [0.15, 0.2) is 0 Å². The van der Waals surface area contributed by atoms with Gasteiger partial charge in [-0.1, -0.05) is 50.6 Å². The van der Waals surface area contributed by atoms with Crippen molar-refractivity contribution in [2.75, 3.05) is 29.9 Å². The summed E-state index contributed by atoms with van der Waals surface area (Å²) < 4.78 is 0. The molecule has 1 fully saturated rings. The number of carbonyl (C=O) groups is 1. The molecule has 2 atom stereocenters. The van der Waals surface area contributed by atoms with E-state index in [4.69, 9.17) is 0 Å². The summed E-state index contributed by atoms with van der Waals surface area (Å²) in [5, 5.41) is 6.84. The SMILES string of the molecule is CCN(CC)Cc1ccc(C(=O)Nc2cc(N3C=CC=CC3C3CCCCN3)ccc2C)cc1. The van der Waals surface area contributed by atoms with Crippen LogP contribution in [0.5, 0.6) is 0 Å². The van der Waals surface area contributed by atoms with Gasteiger partial charge in [-0.3, -0.25) is 9.69 Å². The number of hydrogen-bond donors (Lipinski definition) is 2. The first-order valence-corrected chi connectivity index (χ1v) is 12.7. The van der Waals surface area contributed by atoms with Crippen LogP contribution in [0.15, 0.2) is 66.9 Å². The van der Waals surface area contributed by atoms with Gasteiger partial charge in [0, 0.05) is 35.7 Å². The fourth-order valence-electron chi connectivity index (χ4n) is 4.84. The van der Waals surface area contributed by atoms with Crippen LogP contribution in [-0.4, -0.2) is 42.5 Å². The Balaban J connectivity index is 1.48. The summed E-state index contributed by atoms with van der Waals surface area (Å²) in [7, 11) is 0. The molecule has 0 saturated carbocycles. The van der Waals surface area contributed by atoms with E-state index in [2.05, 4.69) is 89.0 Å². The summed E-state index contributed by atoms with van der Waals surface area (Å²) in [6.45, 7) is 10.4. The van der Waals surface area contributed by atoms with Gasteiger partial charge in [0.1, 0.15) is 0 Å². The van der Waals surface area contributed by atoms with Gasteiger partial charge in [-0.2, -0.15) is 0 Å². The molecule has 0 radical (unpaired) electrons. The summed E-state index contributed by atoms with van der Waals surface area (Å²) in [6.07, 6.45) is 12.3.